The lowest BCUT2D eigenvalue weighted by Gasteiger charge is -2.38. The molecule has 2 atom stereocenters. The molecule has 11 heteroatoms. The third-order valence-electron chi connectivity index (χ3n) is 2.57. The number of halogens is 8. The SMILES string of the molecule is Nc1c(Br)cc2c(c1Br)C(C(Cl)(Cl)Cl)OC(C(Cl)(Cl)Cl)O2. The van der Waals surface area contributed by atoms with E-state index in [1.165, 1.54) is 0 Å². The first-order valence-electron chi connectivity index (χ1n) is 5.16. The number of ether oxygens (including phenoxy) is 2. The lowest BCUT2D eigenvalue weighted by Crippen LogP contribution is -2.42. The van der Waals surface area contributed by atoms with Gasteiger partial charge in [0.2, 0.25) is 10.1 Å². The van der Waals surface area contributed by atoms with Crippen molar-refractivity contribution in [1.82, 2.24) is 0 Å². The summed E-state index contributed by atoms with van der Waals surface area (Å²) in [5, 5.41) is 0. The van der Waals surface area contributed by atoms with Gasteiger partial charge in [0.25, 0.3) is 3.79 Å². The van der Waals surface area contributed by atoms with Crippen molar-refractivity contribution in [2.24, 2.45) is 0 Å². The minimum atomic E-state index is -1.87. The third-order valence-corrected chi connectivity index (χ3v) is 5.21. The fourth-order valence-corrected chi connectivity index (χ4v) is 3.75. The summed E-state index contributed by atoms with van der Waals surface area (Å²) >= 11 is 41.9. The Labute approximate surface area is 167 Å². The molecule has 0 aliphatic carbocycles. The average molecular weight is 544 g/mol. The highest BCUT2D eigenvalue weighted by Gasteiger charge is 2.49. The zero-order valence-corrected chi connectivity index (χ0v) is 17.4. The van der Waals surface area contributed by atoms with Crippen LogP contribution in [0.1, 0.15) is 11.7 Å². The molecule has 0 spiro atoms. The number of hydrogen-bond acceptors (Lipinski definition) is 3. The van der Waals surface area contributed by atoms with Gasteiger partial charge >= 0.3 is 0 Å². The van der Waals surface area contributed by atoms with Gasteiger partial charge in [-0.05, 0) is 37.9 Å². The van der Waals surface area contributed by atoms with E-state index in [4.69, 9.17) is 84.8 Å². The molecule has 0 bridgehead atoms. The molecular weight excluding hydrogens is 539 g/mol. The molecule has 0 fully saturated rings. The van der Waals surface area contributed by atoms with Crippen molar-refractivity contribution in [3.63, 3.8) is 0 Å². The first-order chi connectivity index (χ1) is 9.43. The summed E-state index contributed by atoms with van der Waals surface area (Å²) in [4.78, 5) is 0. The van der Waals surface area contributed by atoms with Gasteiger partial charge in [-0.3, -0.25) is 0 Å². The summed E-state index contributed by atoms with van der Waals surface area (Å²) in [5.74, 6) is 0.321. The molecular formula is C10H5Br2Cl6NO2. The zero-order chi connectivity index (χ0) is 16.2. The maximum Gasteiger partial charge on any atom is 0.252 e. The van der Waals surface area contributed by atoms with Gasteiger partial charge in [0.05, 0.1) is 10.2 Å². The molecule has 0 saturated carbocycles. The molecule has 0 saturated heterocycles. The second-order valence-electron chi connectivity index (χ2n) is 4.05. The quantitative estimate of drug-likeness (QED) is 0.308. The summed E-state index contributed by atoms with van der Waals surface area (Å²) in [6.45, 7) is 0. The first-order valence-corrected chi connectivity index (χ1v) is 9.01. The van der Waals surface area contributed by atoms with Crippen LogP contribution in [0.25, 0.3) is 0 Å². The minimum absolute atomic E-state index is 0.321. The van der Waals surface area contributed by atoms with Crippen LogP contribution in [-0.4, -0.2) is 13.9 Å². The van der Waals surface area contributed by atoms with Crippen molar-refractivity contribution in [3.8, 4) is 5.75 Å². The van der Waals surface area contributed by atoms with Crippen LogP contribution in [0.4, 0.5) is 5.69 Å². The van der Waals surface area contributed by atoms with Gasteiger partial charge < -0.3 is 15.2 Å². The van der Waals surface area contributed by atoms with E-state index in [1.807, 2.05) is 0 Å². The van der Waals surface area contributed by atoms with Crippen molar-refractivity contribution in [3.05, 3.63) is 20.6 Å². The molecule has 21 heavy (non-hydrogen) atoms. The summed E-state index contributed by atoms with van der Waals surface area (Å²) in [6, 6.07) is 1.59. The van der Waals surface area contributed by atoms with Gasteiger partial charge in [0, 0.05) is 10.0 Å². The van der Waals surface area contributed by atoms with Crippen LogP contribution in [0, 0.1) is 0 Å². The summed E-state index contributed by atoms with van der Waals surface area (Å²) in [5.41, 5.74) is 6.73. The number of benzene rings is 1. The Morgan fingerprint density at radius 2 is 1.62 bits per heavy atom. The second-order valence-corrected chi connectivity index (χ2v) is 10.4. The zero-order valence-electron chi connectivity index (χ0n) is 9.65. The molecule has 118 valence electrons. The molecule has 1 heterocycles. The molecule has 0 aromatic heterocycles. The lowest BCUT2D eigenvalue weighted by atomic mass is 10.1. The van der Waals surface area contributed by atoms with Gasteiger partial charge in [-0.25, -0.2) is 0 Å². The molecule has 1 aliphatic rings. The molecule has 2 N–H and O–H groups in total. The number of fused-ring (bicyclic) bond motifs is 1. The summed E-state index contributed by atoms with van der Waals surface area (Å²) in [6.07, 6.45) is -2.30. The third kappa shape index (κ3) is 3.94. The highest BCUT2D eigenvalue weighted by molar-refractivity contribution is 9.11. The number of nitrogen functional groups attached to an aromatic ring is 1. The number of anilines is 1. The van der Waals surface area contributed by atoms with E-state index in [0.717, 1.165) is 0 Å². The number of alkyl halides is 6. The Hall–Kier alpha value is 1.48. The normalized spacial score (nSPS) is 22.7. The van der Waals surface area contributed by atoms with E-state index in [1.54, 1.807) is 6.07 Å². The van der Waals surface area contributed by atoms with Crippen molar-refractivity contribution in [1.29, 1.82) is 0 Å². The summed E-state index contributed by atoms with van der Waals surface area (Å²) in [7, 11) is 0. The van der Waals surface area contributed by atoms with Gasteiger partial charge in [-0.15, -0.1) is 0 Å². The van der Waals surface area contributed by atoms with Crippen LogP contribution in [0.15, 0.2) is 15.0 Å². The molecule has 1 aliphatic heterocycles. The predicted octanol–water partition coefficient (Wildman–Crippen LogP) is 6.31. The maximum atomic E-state index is 5.97. The Bertz CT molecular complexity index is 574. The minimum Gasteiger partial charge on any atom is -0.460 e. The fourth-order valence-electron chi connectivity index (χ4n) is 1.69. The Morgan fingerprint density at radius 3 is 2.10 bits per heavy atom. The summed E-state index contributed by atoms with van der Waals surface area (Å²) < 4.78 is 8.37. The van der Waals surface area contributed by atoms with Crippen molar-refractivity contribution in [2.45, 2.75) is 20.0 Å². The molecule has 2 rings (SSSR count). The molecule has 1 aromatic carbocycles. The van der Waals surface area contributed by atoms with Crippen LogP contribution >= 0.6 is 101 Å². The van der Waals surface area contributed by atoms with E-state index in [0.29, 0.717) is 25.9 Å². The van der Waals surface area contributed by atoms with Crippen LogP contribution < -0.4 is 10.5 Å². The molecule has 0 amide bonds. The van der Waals surface area contributed by atoms with Gasteiger partial charge in [0.15, 0.2) is 0 Å². The van der Waals surface area contributed by atoms with Crippen molar-refractivity contribution in [2.75, 3.05) is 5.73 Å². The van der Waals surface area contributed by atoms with E-state index >= 15 is 0 Å². The van der Waals surface area contributed by atoms with Crippen molar-refractivity contribution < 1.29 is 9.47 Å². The number of nitrogens with two attached hydrogens (primary N) is 1. The molecule has 2 unspecified atom stereocenters. The second kappa shape index (κ2) is 6.41. The Kier molecular flexibility index (Phi) is 5.75. The van der Waals surface area contributed by atoms with Gasteiger partial charge in [-0.1, -0.05) is 69.6 Å². The topological polar surface area (TPSA) is 44.5 Å². The lowest BCUT2D eigenvalue weighted by molar-refractivity contribution is -0.136. The smallest absolute Gasteiger partial charge is 0.252 e. The van der Waals surface area contributed by atoms with E-state index in [9.17, 15) is 0 Å². The van der Waals surface area contributed by atoms with E-state index < -0.39 is 20.0 Å². The Balaban J connectivity index is 2.62. The Morgan fingerprint density at radius 1 is 1.05 bits per heavy atom. The highest BCUT2D eigenvalue weighted by atomic mass is 79.9. The number of rotatable bonds is 0. The maximum absolute atomic E-state index is 5.97. The highest BCUT2D eigenvalue weighted by Crippen LogP contribution is 2.55. The van der Waals surface area contributed by atoms with Crippen LogP contribution in [0.3, 0.4) is 0 Å². The first kappa shape index (κ1) is 18.8. The van der Waals surface area contributed by atoms with Crippen LogP contribution in [-0.2, 0) is 4.74 Å². The predicted molar refractivity (Wildman–Crippen MR) is 95.1 cm³/mol. The molecule has 1 aromatic rings. The largest absolute Gasteiger partial charge is 0.460 e. The van der Waals surface area contributed by atoms with Gasteiger partial charge in [-0.2, -0.15) is 0 Å². The molecule has 0 radical (unpaired) electrons. The number of hydrogen-bond donors (Lipinski definition) is 1. The van der Waals surface area contributed by atoms with Crippen LogP contribution in [0.2, 0.25) is 0 Å². The average Bonchev–Trinajstić information content (AvgIpc) is 2.32. The van der Waals surface area contributed by atoms with Crippen molar-refractivity contribution >= 4 is 107 Å². The van der Waals surface area contributed by atoms with Crippen LogP contribution in [0.5, 0.6) is 5.75 Å². The van der Waals surface area contributed by atoms with Gasteiger partial charge in [0.1, 0.15) is 11.9 Å². The monoisotopic (exact) mass is 539 g/mol. The van der Waals surface area contributed by atoms with E-state index in [2.05, 4.69) is 31.9 Å². The standard InChI is InChI=1S/C10H5Br2Cl6NO2/c11-2-1-3-4(5(12)6(2)19)7(9(13,14)15)21-8(20-3)10(16,17)18/h1,7-8H,19H2. The molecule has 3 nitrogen and oxygen atoms in total. The fraction of sp³-hybridized carbons (Fsp3) is 0.400. The van der Waals surface area contributed by atoms with E-state index in [-0.39, 0.29) is 0 Å².